The molecule has 21 heavy (non-hydrogen) atoms. The normalized spacial score (nSPS) is 16.9. The van der Waals surface area contributed by atoms with Crippen molar-refractivity contribution in [1.29, 1.82) is 0 Å². The average molecular weight is 292 g/mol. The van der Waals surface area contributed by atoms with Gasteiger partial charge in [-0.2, -0.15) is 0 Å². The van der Waals surface area contributed by atoms with E-state index in [1.165, 1.54) is 21.2 Å². The first kappa shape index (κ1) is 12.8. The molecule has 2 heteroatoms. The van der Waals surface area contributed by atoms with Gasteiger partial charge in [-0.15, -0.1) is 11.8 Å². The van der Waals surface area contributed by atoms with Crippen molar-refractivity contribution in [2.24, 2.45) is 0 Å². The molecule has 0 spiro atoms. The quantitative estimate of drug-likeness (QED) is 0.676. The number of hydrogen-bond donors (Lipinski definition) is 0. The van der Waals surface area contributed by atoms with E-state index in [2.05, 4.69) is 66.7 Å². The van der Waals surface area contributed by atoms with Gasteiger partial charge in [0.2, 0.25) is 0 Å². The Morgan fingerprint density at radius 1 is 0.905 bits per heavy atom. The summed E-state index contributed by atoms with van der Waals surface area (Å²) in [7, 11) is 0. The molecule has 1 atom stereocenters. The van der Waals surface area contributed by atoms with Gasteiger partial charge in [0.1, 0.15) is 12.4 Å². The van der Waals surface area contributed by atoms with Gasteiger partial charge in [-0.05, 0) is 41.0 Å². The van der Waals surface area contributed by atoms with Gasteiger partial charge >= 0.3 is 0 Å². The van der Waals surface area contributed by atoms with Crippen molar-refractivity contribution in [3.05, 3.63) is 72.3 Å². The fraction of sp³-hybridized carbons (Fsp3) is 0.158. The molecule has 0 saturated heterocycles. The van der Waals surface area contributed by atoms with E-state index in [9.17, 15) is 0 Å². The van der Waals surface area contributed by atoms with E-state index in [0.29, 0.717) is 5.25 Å². The summed E-state index contributed by atoms with van der Waals surface area (Å²) >= 11 is 1.93. The second-order valence-corrected chi connectivity index (χ2v) is 6.71. The lowest BCUT2D eigenvalue weighted by Crippen LogP contribution is -2.13. The summed E-state index contributed by atoms with van der Waals surface area (Å²) in [6.45, 7) is 0.762. The highest BCUT2D eigenvalue weighted by Gasteiger charge is 2.22. The fourth-order valence-electron chi connectivity index (χ4n) is 2.79. The third kappa shape index (κ3) is 2.64. The minimum atomic E-state index is 0.522. The van der Waals surface area contributed by atoms with E-state index in [4.69, 9.17) is 4.74 Å². The molecule has 0 N–H and O–H groups in total. The maximum Gasteiger partial charge on any atom is 0.119 e. The maximum atomic E-state index is 6.01. The summed E-state index contributed by atoms with van der Waals surface area (Å²) in [5.74, 6) is 0.963. The molecule has 0 aromatic heterocycles. The fourth-order valence-corrected chi connectivity index (χ4v) is 4.01. The second kappa shape index (κ2) is 5.45. The van der Waals surface area contributed by atoms with E-state index in [1.807, 2.05) is 11.8 Å². The second-order valence-electron chi connectivity index (χ2n) is 5.37. The van der Waals surface area contributed by atoms with Gasteiger partial charge in [0, 0.05) is 10.1 Å². The smallest absolute Gasteiger partial charge is 0.119 e. The summed E-state index contributed by atoms with van der Waals surface area (Å²) < 4.78 is 6.01. The molecule has 1 aliphatic heterocycles. The monoisotopic (exact) mass is 292 g/mol. The summed E-state index contributed by atoms with van der Waals surface area (Å²) in [4.78, 5) is 1.41. The lowest BCUT2D eigenvalue weighted by Gasteiger charge is -2.11. The average Bonchev–Trinajstić information content (AvgIpc) is 2.95. The van der Waals surface area contributed by atoms with E-state index in [1.54, 1.807) is 0 Å². The Morgan fingerprint density at radius 3 is 2.62 bits per heavy atom. The van der Waals surface area contributed by atoms with Crippen LogP contribution in [0.4, 0.5) is 0 Å². The molecule has 1 nitrogen and oxygen atoms in total. The third-order valence-electron chi connectivity index (χ3n) is 3.87. The predicted molar refractivity (Wildman–Crippen MR) is 89.2 cm³/mol. The molecule has 0 amide bonds. The molecule has 3 aromatic rings. The first-order valence-electron chi connectivity index (χ1n) is 7.25. The van der Waals surface area contributed by atoms with Crippen LogP contribution in [-0.4, -0.2) is 11.9 Å². The Hall–Kier alpha value is -1.93. The molecule has 1 aliphatic rings. The van der Waals surface area contributed by atoms with Crippen molar-refractivity contribution in [1.82, 2.24) is 0 Å². The molecule has 3 aromatic carbocycles. The number of ether oxygens (including phenoxy) is 1. The van der Waals surface area contributed by atoms with E-state index in [0.717, 1.165) is 18.8 Å². The van der Waals surface area contributed by atoms with Gasteiger partial charge in [-0.25, -0.2) is 0 Å². The van der Waals surface area contributed by atoms with E-state index in [-0.39, 0.29) is 0 Å². The molecule has 104 valence electrons. The van der Waals surface area contributed by atoms with Gasteiger partial charge in [-0.1, -0.05) is 48.5 Å². The van der Waals surface area contributed by atoms with Crippen molar-refractivity contribution < 1.29 is 4.74 Å². The van der Waals surface area contributed by atoms with Gasteiger partial charge in [-0.3, -0.25) is 0 Å². The Morgan fingerprint density at radius 2 is 1.71 bits per heavy atom. The lowest BCUT2D eigenvalue weighted by atomic mass is 10.1. The number of hydrogen-bond acceptors (Lipinski definition) is 2. The number of fused-ring (bicyclic) bond motifs is 2. The highest BCUT2D eigenvalue weighted by molar-refractivity contribution is 8.00. The molecular formula is C19H16OS. The largest absolute Gasteiger partial charge is 0.492 e. The van der Waals surface area contributed by atoms with Gasteiger partial charge < -0.3 is 4.74 Å². The molecule has 1 heterocycles. The van der Waals surface area contributed by atoms with Crippen molar-refractivity contribution in [3.63, 3.8) is 0 Å². The Kier molecular flexibility index (Phi) is 3.32. The van der Waals surface area contributed by atoms with Crippen LogP contribution in [0.3, 0.4) is 0 Å². The van der Waals surface area contributed by atoms with Crippen LogP contribution < -0.4 is 4.74 Å². The van der Waals surface area contributed by atoms with Crippen LogP contribution in [0.1, 0.15) is 5.56 Å². The van der Waals surface area contributed by atoms with E-state index < -0.39 is 0 Å². The first-order valence-corrected chi connectivity index (χ1v) is 8.13. The molecule has 0 bridgehead atoms. The van der Waals surface area contributed by atoms with Gasteiger partial charge in [0.05, 0.1) is 0 Å². The predicted octanol–water partition coefficient (Wildman–Crippen LogP) is 4.94. The molecule has 1 unspecified atom stereocenters. The zero-order valence-electron chi connectivity index (χ0n) is 11.7. The zero-order valence-corrected chi connectivity index (χ0v) is 12.5. The number of thioether (sulfide) groups is 1. The SMILES string of the molecule is c1ccc2c(c1)CC(COc1ccc3ccccc3c1)S2. The molecule has 4 rings (SSSR count). The number of rotatable bonds is 3. The number of benzene rings is 3. The molecular weight excluding hydrogens is 276 g/mol. The van der Waals surface area contributed by atoms with Gasteiger partial charge in [0.15, 0.2) is 0 Å². The Balaban J connectivity index is 1.45. The third-order valence-corrected chi connectivity index (χ3v) is 5.16. The van der Waals surface area contributed by atoms with Crippen molar-refractivity contribution >= 4 is 22.5 Å². The van der Waals surface area contributed by atoms with Crippen LogP contribution in [-0.2, 0) is 6.42 Å². The van der Waals surface area contributed by atoms with Crippen LogP contribution in [0.25, 0.3) is 10.8 Å². The highest BCUT2D eigenvalue weighted by Crippen LogP contribution is 2.37. The van der Waals surface area contributed by atoms with E-state index >= 15 is 0 Å². The summed E-state index contributed by atoms with van der Waals surface area (Å²) in [5.41, 5.74) is 1.45. The minimum Gasteiger partial charge on any atom is -0.492 e. The van der Waals surface area contributed by atoms with Crippen LogP contribution in [0, 0.1) is 0 Å². The minimum absolute atomic E-state index is 0.522. The topological polar surface area (TPSA) is 9.23 Å². The van der Waals surface area contributed by atoms with Crippen LogP contribution in [0.2, 0.25) is 0 Å². The van der Waals surface area contributed by atoms with Crippen LogP contribution in [0.5, 0.6) is 5.75 Å². The molecule has 0 saturated carbocycles. The molecule has 0 aliphatic carbocycles. The van der Waals surface area contributed by atoms with Crippen molar-refractivity contribution in [3.8, 4) is 5.75 Å². The summed E-state index contributed by atoms with van der Waals surface area (Å²) in [6, 6.07) is 23.4. The van der Waals surface area contributed by atoms with Crippen molar-refractivity contribution in [2.75, 3.05) is 6.61 Å². The summed E-state index contributed by atoms with van der Waals surface area (Å²) in [6.07, 6.45) is 1.11. The van der Waals surface area contributed by atoms with Crippen molar-refractivity contribution in [2.45, 2.75) is 16.6 Å². The standard InChI is InChI=1S/C19H16OS/c1-2-6-15-11-17(10-9-14(15)5-1)20-13-18-12-16-7-3-4-8-19(16)21-18/h1-11,18H,12-13H2. The Bertz CT molecular complexity index is 756. The van der Waals surface area contributed by atoms with Crippen LogP contribution in [0.15, 0.2) is 71.6 Å². The first-order chi connectivity index (χ1) is 10.4. The highest BCUT2D eigenvalue weighted by atomic mass is 32.2. The zero-order chi connectivity index (χ0) is 14.1. The maximum absolute atomic E-state index is 6.01. The van der Waals surface area contributed by atoms with Crippen LogP contribution >= 0.6 is 11.8 Å². The Labute approximate surface area is 128 Å². The molecule has 0 radical (unpaired) electrons. The van der Waals surface area contributed by atoms with Gasteiger partial charge in [0.25, 0.3) is 0 Å². The molecule has 0 fully saturated rings. The lowest BCUT2D eigenvalue weighted by molar-refractivity contribution is 0.318. The summed E-state index contributed by atoms with van der Waals surface area (Å²) in [5, 5.41) is 3.01.